The molecule has 0 bridgehead atoms. The fourth-order valence-corrected chi connectivity index (χ4v) is 3.39. The summed E-state index contributed by atoms with van der Waals surface area (Å²) in [6.07, 6.45) is 12.5. The Morgan fingerprint density at radius 2 is 2.00 bits per heavy atom. The van der Waals surface area contributed by atoms with Crippen molar-refractivity contribution >= 4 is 11.8 Å². The molecule has 0 aromatic carbocycles. The Morgan fingerprint density at radius 3 is 2.65 bits per heavy atom. The molecule has 148 valence electrons. The smallest absolute Gasteiger partial charge is 0.303 e. The molecule has 0 aromatic rings. The van der Waals surface area contributed by atoms with Gasteiger partial charge in [-0.2, -0.15) is 0 Å². The number of rotatable bonds is 12. The molecule has 1 fully saturated rings. The van der Waals surface area contributed by atoms with Crippen molar-refractivity contribution in [3.8, 4) is 0 Å². The van der Waals surface area contributed by atoms with E-state index in [-0.39, 0.29) is 30.5 Å². The largest absolute Gasteiger partial charge is 0.481 e. The van der Waals surface area contributed by atoms with E-state index in [0.717, 1.165) is 19.3 Å². The first-order valence-corrected chi connectivity index (χ1v) is 9.76. The number of unbranched alkanes of at least 4 members (excludes halogenated alkanes) is 3. The number of aliphatic hydroxyl groups excluding tert-OH is 1. The van der Waals surface area contributed by atoms with Crippen LogP contribution in [0.5, 0.6) is 0 Å². The highest BCUT2D eigenvalue weighted by Gasteiger charge is 2.39. The van der Waals surface area contributed by atoms with Gasteiger partial charge in [0.15, 0.2) is 0 Å². The predicted molar refractivity (Wildman–Crippen MR) is 102 cm³/mol. The molecule has 0 heterocycles. The molecule has 0 spiro atoms. The lowest BCUT2D eigenvalue weighted by Crippen LogP contribution is -2.23. The average Bonchev–Trinajstić information content (AvgIpc) is 2.82. The van der Waals surface area contributed by atoms with Gasteiger partial charge in [-0.15, -0.1) is 0 Å². The summed E-state index contributed by atoms with van der Waals surface area (Å²) in [6.45, 7) is 3.88. The molecule has 4 atom stereocenters. The van der Waals surface area contributed by atoms with Crippen LogP contribution >= 0.6 is 0 Å². The topological polar surface area (TPSA) is 94.8 Å². The Balaban J connectivity index is 2.58. The van der Waals surface area contributed by atoms with Crippen molar-refractivity contribution < 1.29 is 24.9 Å². The summed E-state index contributed by atoms with van der Waals surface area (Å²) in [4.78, 5) is 22.6. The summed E-state index contributed by atoms with van der Waals surface area (Å²) < 4.78 is 0. The molecule has 5 nitrogen and oxygen atoms in total. The van der Waals surface area contributed by atoms with Gasteiger partial charge in [-0.25, -0.2) is 0 Å². The molecule has 5 heteroatoms. The molecule has 0 saturated heterocycles. The number of hydrogen-bond acceptors (Lipinski definition) is 4. The lowest BCUT2D eigenvalue weighted by Gasteiger charge is -2.21. The standard InChI is InChI=1S/C21H34O5/c1-3-4-9-13-21(2,26)14-12-17-16(18(22)15-19(17)23)10-7-5-6-8-11-20(24)25/h5,7,12,14,16-17,19,23,26H,3-4,6,8-11,13,15H2,1-2H3,(H,24,25)/b7-5+,14-12+/t16-,17?,19-,21+/m0/s1. The molecule has 0 radical (unpaired) electrons. The van der Waals surface area contributed by atoms with Gasteiger partial charge in [-0.3, -0.25) is 9.59 Å². The first-order valence-electron chi connectivity index (χ1n) is 9.76. The number of Topliss-reactive ketones (excluding diaryl/α,β-unsaturated/α-hetero) is 1. The molecule has 3 N–H and O–H groups in total. The number of allylic oxidation sites excluding steroid dienone is 2. The van der Waals surface area contributed by atoms with E-state index in [9.17, 15) is 19.8 Å². The highest BCUT2D eigenvalue weighted by atomic mass is 16.4. The number of aliphatic hydroxyl groups is 2. The normalized spacial score (nSPS) is 26.0. The van der Waals surface area contributed by atoms with Crippen LogP contribution in [-0.4, -0.2) is 38.8 Å². The zero-order valence-corrected chi connectivity index (χ0v) is 16.1. The van der Waals surface area contributed by atoms with Crippen LogP contribution in [-0.2, 0) is 9.59 Å². The quantitative estimate of drug-likeness (QED) is 0.362. The van der Waals surface area contributed by atoms with E-state index in [0.29, 0.717) is 25.7 Å². The molecule has 0 aromatic heterocycles. The van der Waals surface area contributed by atoms with Crippen molar-refractivity contribution in [2.45, 2.75) is 83.3 Å². The number of ketones is 1. The van der Waals surface area contributed by atoms with Crippen molar-refractivity contribution in [3.05, 3.63) is 24.3 Å². The van der Waals surface area contributed by atoms with Gasteiger partial charge >= 0.3 is 5.97 Å². The van der Waals surface area contributed by atoms with Crippen LogP contribution in [0.25, 0.3) is 0 Å². The molecule has 1 rings (SSSR count). The summed E-state index contributed by atoms with van der Waals surface area (Å²) in [7, 11) is 0. The SMILES string of the molecule is CCCCC[C@@](C)(O)/C=C/C1[C@H](C/C=C/CCCC(=O)O)C(=O)C[C@@H]1O. The van der Waals surface area contributed by atoms with E-state index >= 15 is 0 Å². The van der Waals surface area contributed by atoms with Crippen molar-refractivity contribution in [1.82, 2.24) is 0 Å². The maximum atomic E-state index is 12.2. The fraction of sp³-hybridized carbons (Fsp3) is 0.714. The van der Waals surface area contributed by atoms with Crippen molar-refractivity contribution in [2.24, 2.45) is 11.8 Å². The molecule has 1 unspecified atom stereocenters. The number of carboxylic acids is 1. The second kappa shape index (κ2) is 11.3. The third-order valence-electron chi connectivity index (χ3n) is 5.01. The average molecular weight is 366 g/mol. The molecule has 26 heavy (non-hydrogen) atoms. The Kier molecular flexibility index (Phi) is 9.81. The van der Waals surface area contributed by atoms with Gasteiger partial charge in [0.2, 0.25) is 0 Å². The highest BCUT2D eigenvalue weighted by Crippen LogP contribution is 2.34. The summed E-state index contributed by atoms with van der Waals surface area (Å²) in [5, 5.41) is 29.3. The van der Waals surface area contributed by atoms with Crippen LogP contribution in [0.2, 0.25) is 0 Å². The lowest BCUT2D eigenvalue weighted by atomic mass is 9.88. The minimum absolute atomic E-state index is 0.0490. The Labute approximate surface area is 156 Å². The van der Waals surface area contributed by atoms with Gasteiger partial charge in [0.1, 0.15) is 5.78 Å². The summed E-state index contributed by atoms with van der Waals surface area (Å²) in [5.74, 6) is -1.30. The third-order valence-corrected chi connectivity index (χ3v) is 5.01. The Morgan fingerprint density at radius 1 is 1.27 bits per heavy atom. The van der Waals surface area contributed by atoms with Crippen LogP contribution in [0.15, 0.2) is 24.3 Å². The Hall–Kier alpha value is -1.46. The molecule has 1 aliphatic rings. The van der Waals surface area contributed by atoms with Crippen LogP contribution in [0.1, 0.15) is 71.6 Å². The van der Waals surface area contributed by atoms with Gasteiger partial charge in [0.05, 0.1) is 11.7 Å². The van der Waals surface area contributed by atoms with E-state index < -0.39 is 17.7 Å². The van der Waals surface area contributed by atoms with Gasteiger partial charge in [-0.05, 0) is 32.6 Å². The number of carbonyl (C=O) groups excluding carboxylic acids is 1. The predicted octanol–water partition coefficient (Wildman–Crippen LogP) is 3.64. The Bertz CT molecular complexity index is 507. The zero-order valence-electron chi connectivity index (χ0n) is 16.1. The lowest BCUT2D eigenvalue weighted by molar-refractivity contribution is -0.137. The molecule has 0 aliphatic heterocycles. The van der Waals surface area contributed by atoms with Crippen molar-refractivity contribution in [2.75, 3.05) is 0 Å². The number of carboxylic acid groups (broad SMARTS) is 1. The monoisotopic (exact) mass is 366 g/mol. The minimum atomic E-state index is -0.919. The zero-order chi connectivity index (χ0) is 19.6. The molecular weight excluding hydrogens is 332 g/mol. The summed E-state index contributed by atoms with van der Waals surface area (Å²) in [6, 6.07) is 0. The van der Waals surface area contributed by atoms with E-state index in [4.69, 9.17) is 5.11 Å². The number of hydrogen-bond donors (Lipinski definition) is 3. The third kappa shape index (κ3) is 8.28. The van der Waals surface area contributed by atoms with Gasteiger partial charge in [0.25, 0.3) is 0 Å². The van der Waals surface area contributed by atoms with Gasteiger partial charge in [0, 0.05) is 24.7 Å². The maximum absolute atomic E-state index is 12.2. The number of aliphatic carboxylic acids is 1. The fourth-order valence-electron chi connectivity index (χ4n) is 3.39. The highest BCUT2D eigenvalue weighted by molar-refractivity contribution is 5.84. The number of carbonyl (C=O) groups is 2. The molecule has 1 saturated carbocycles. The maximum Gasteiger partial charge on any atom is 0.303 e. The first-order chi connectivity index (χ1) is 12.3. The first kappa shape index (κ1) is 22.6. The van der Waals surface area contributed by atoms with Crippen molar-refractivity contribution in [1.29, 1.82) is 0 Å². The van der Waals surface area contributed by atoms with E-state index in [1.54, 1.807) is 13.0 Å². The minimum Gasteiger partial charge on any atom is -0.481 e. The molecule has 1 aliphatic carbocycles. The second-order valence-electron chi connectivity index (χ2n) is 7.59. The van der Waals surface area contributed by atoms with E-state index in [1.165, 1.54) is 0 Å². The van der Waals surface area contributed by atoms with Crippen LogP contribution in [0, 0.1) is 11.8 Å². The second-order valence-corrected chi connectivity index (χ2v) is 7.59. The molecular formula is C21H34O5. The van der Waals surface area contributed by atoms with E-state index in [1.807, 2.05) is 18.2 Å². The van der Waals surface area contributed by atoms with Crippen LogP contribution in [0.4, 0.5) is 0 Å². The van der Waals surface area contributed by atoms with E-state index in [2.05, 4.69) is 6.92 Å². The van der Waals surface area contributed by atoms with Gasteiger partial charge < -0.3 is 15.3 Å². The van der Waals surface area contributed by atoms with Crippen LogP contribution in [0.3, 0.4) is 0 Å². The summed E-state index contributed by atoms with van der Waals surface area (Å²) >= 11 is 0. The van der Waals surface area contributed by atoms with Gasteiger partial charge in [-0.1, -0.05) is 50.5 Å². The van der Waals surface area contributed by atoms with Crippen molar-refractivity contribution in [3.63, 3.8) is 0 Å². The van der Waals surface area contributed by atoms with Crippen LogP contribution < -0.4 is 0 Å². The summed E-state index contributed by atoms with van der Waals surface area (Å²) in [5.41, 5.74) is -0.919. The molecule has 0 amide bonds.